The number of imide groups is 1. The number of hydrogen-bond donors (Lipinski definition) is 0. The lowest BCUT2D eigenvalue weighted by atomic mass is 10.1. The number of nitrogens with zero attached hydrogens (tertiary/aromatic N) is 2. The van der Waals surface area contributed by atoms with Crippen molar-refractivity contribution in [3.05, 3.63) is 85.4 Å². The molecule has 0 saturated carbocycles. The Hall–Kier alpha value is -3.70. The first-order chi connectivity index (χ1) is 16.3. The van der Waals surface area contributed by atoms with Crippen molar-refractivity contribution < 1.29 is 28.5 Å². The highest BCUT2D eigenvalue weighted by Gasteiger charge is 2.36. The van der Waals surface area contributed by atoms with Crippen molar-refractivity contribution in [1.29, 1.82) is 0 Å². The van der Waals surface area contributed by atoms with Gasteiger partial charge in [-0.15, -0.1) is 0 Å². The van der Waals surface area contributed by atoms with Gasteiger partial charge in [-0.05, 0) is 42.1 Å². The number of ether oxygens (including phenoxy) is 1. The Bertz CT molecular complexity index is 1350. The number of rotatable bonds is 7. The summed E-state index contributed by atoms with van der Waals surface area (Å²) in [4.78, 5) is 49.1. The molecular formula is C23H15BrN2O7S. The maximum absolute atomic E-state index is 12.8. The quantitative estimate of drug-likeness (QED) is 0.165. The van der Waals surface area contributed by atoms with E-state index >= 15 is 0 Å². The lowest BCUT2D eigenvalue weighted by Gasteiger charge is -2.11. The fourth-order valence-corrected chi connectivity index (χ4v) is 4.29. The summed E-state index contributed by atoms with van der Waals surface area (Å²) in [5.41, 5.74) is 0.749. The van der Waals surface area contributed by atoms with Crippen LogP contribution >= 0.6 is 27.7 Å². The minimum Gasteiger partial charge on any atom is -0.496 e. The molecule has 1 saturated heterocycles. The van der Waals surface area contributed by atoms with E-state index in [4.69, 9.17) is 9.15 Å². The zero-order valence-electron chi connectivity index (χ0n) is 17.5. The second-order valence-corrected chi connectivity index (χ2v) is 8.95. The molecular weight excluding hydrogens is 528 g/mol. The van der Waals surface area contributed by atoms with Gasteiger partial charge in [0.2, 0.25) is 0 Å². The van der Waals surface area contributed by atoms with Crippen molar-refractivity contribution in [2.45, 2.75) is 0 Å². The molecule has 1 aliphatic rings. The number of nitro benzene ring substituents is 1. The molecule has 0 atom stereocenters. The van der Waals surface area contributed by atoms with E-state index in [0.717, 1.165) is 9.37 Å². The van der Waals surface area contributed by atoms with Crippen LogP contribution in [-0.2, 0) is 4.79 Å². The van der Waals surface area contributed by atoms with Crippen molar-refractivity contribution in [3.63, 3.8) is 0 Å². The number of carbonyl (C=O) groups excluding carboxylic acids is 3. The number of thioether (sulfide) groups is 1. The first-order valence-electron chi connectivity index (χ1n) is 9.73. The van der Waals surface area contributed by atoms with Gasteiger partial charge >= 0.3 is 0 Å². The monoisotopic (exact) mass is 542 g/mol. The van der Waals surface area contributed by atoms with Crippen LogP contribution < -0.4 is 4.74 Å². The maximum Gasteiger partial charge on any atom is 0.293 e. The standard InChI is InChI=1S/C23H15BrN2O7S/c1-32-20-10-15(26(30)31)6-8-17(20)19-9-7-16(33-19)11-21-22(28)25(23(29)34-21)12-18(27)13-2-4-14(24)5-3-13/h2-11H,12H2,1H3/b21-11+. The Balaban J connectivity index is 1.53. The molecule has 34 heavy (non-hydrogen) atoms. The van der Waals surface area contributed by atoms with Gasteiger partial charge in [-0.3, -0.25) is 29.4 Å². The largest absolute Gasteiger partial charge is 0.496 e. The van der Waals surface area contributed by atoms with Crippen LogP contribution in [0.15, 0.2) is 68.4 Å². The maximum atomic E-state index is 12.8. The summed E-state index contributed by atoms with van der Waals surface area (Å²) < 4.78 is 11.8. The van der Waals surface area contributed by atoms with Crippen molar-refractivity contribution in [3.8, 4) is 17.1 Å². The molecule has 1 aromatic heterocycles. The van der Waals surface area contributed by atoms with Gasteiger partial charge in [0, 0.05) is 22.2 Å². The minimum absolute atomic E-state index is 0.116. The number of ketones is 1. The van der Waals surface area contributed by atoms with Crippen LogP contribution in [-0.4, -0.2) is 40.4 Å². The first kappa shape index (κ1) is 23.5. The fraction of sp³-hybridized carbons (Fsp3) is 0.0870. The van der Waals surface area contributed by atoms with E-state index in [2.05, 4.69) is 15.9 Å². The average Bonchev–Trinajstić information content (AvgIpc) is 3.39. The molecule has 1 aliphatic heterocycles. The van der Waals surface area contributed by atoms with E-state index in [-0.39, 0.29) is 28.7 Å². The number of Topliss-reactive ketones (excluding diaryl/α,β-unsaturated/α-hetero) is 1. The van der Waals surface area contributed by atoms with Crippen LogP contribution in [0.25, 0.3) is 17.4 Å². The van der Waals surface area contributed by atoms with Crippen molar-refractivity contribution in [2.24, 2.45) is 0 Å². The summed E-state index contributed by atoms with van der Waals surface area (Å²) in [6.45, 7) is -0.368. The summed E-state index contributed by atoms with van der Waals surface area (Å²) in [5.74, 6) is -0.0439. The van der Waals surface area contributed by atoms with Crippen LogP contribution in [0.4, 0.5) is 10.5 Å². The third kappa shape index (κ3) is 4.80. The number of carbonyl (C=O) groups is 3. The molecule has 0 unspecified atom stereocenters. The Labute approximate surface area is 205 Å². The fourth-order valence-electron chi connectivity index (χ4n) is 3.21. The zero-order chi connectivity index (χ0) is 24.4. The van der Waals surface area contributed by atoms with E-state index in [1.807, 2.05) is 0 Å². The Kier molecular flexibility index (Phi) is 6.66. The van der Waals surface area contributed by atoms with Crippen LogP contribution in [0.5, 0.6) is 5.75 Å². The number of amides is 2. The van der Waals surface area contributed by atoms with Crippen LogP contribution in [0.1, 0.15) is 16.1 Å². The predicted molar refractivity (Wildman–Crippen MR) is 128 cm³/mol. The number of nitro groups is 1. The van der Waals surface area contributed by atoms with Gasteiger partial charge < -0.3 is 9.15 Å². The number of methoxy groups -OCH3 is 1. The topological polar surface area (TPSA) is 120 Å². The number of hydrogen-bond acceptors (Lipinski definition) is 8. The first-order valence-corrected chi connectivity index (χ1v) is 11.3. The summed E-state index contributed by atoms with van der Waals surface area (Å²) >= 11 is 4.00. The summed E-state index contributed by atoms with van der Waals surface area (Å²) in [5, 5.41) is 10.4. The van der Waals surface area contributed by atoms with Gasteiger partial charge in [0.25, 0.3) is 16.8 Å². The van der Waals surface area contributed by atoms with Crippen molar-refractivity contribution in [1.82, 2.24) is 4.90 Å². The van der Waals surface area contributed by atoms with E-state index in [1.165, 1.54) is 31.4 Å². The van der Waals surface area contributed by atoms with Gasteiger partial charge in [0.1, 0.15) is 17.3 Å². The smallest absolute Gasteiger partial charge is 0.293 e. The third-order valence-corrected chi connectivity index (χ3v) is 6.34. The highest BCUT2D eigenvalue weighted by atomic mass is 79.9. The lowest BCUT2D eigenvalue weighted by Crippen LogP contribution is -2.33. The van der Waals surface area contributed by atoms with Gasteiger partial charge in [0.15, 0.2) is 5.78 Å². The van der Waals surface area contributed by atoms with Crippen LogP contribution in [0.2, 0.25) is 0 Å². The van der Waals surface area contributed by atoms with E-state index in [1.54, 1.807) is 36.4 Å². The molecule has 0 N–H and O–H groups in total. The zero-order valence-corrected chi connectivity index (χ0v) is 19.9. The average molecular weight is 543 g/mol. The van der Waals surface area contributed by atoms with E-state index in [9.17, 15) is 24.5 Å². The number of non-ortho nitro benzene ring substituents is 1. The van der Waals surface area contributed by atoms with Crippen molar-refractivity contribution in [2.75, 3.05) is 13.7 Å². The molecule has 2 heterocycles. The molecule has 172 valence electrons. The normalized spacial score (nSPS) is 14.6. The Morgan fingerprint density at radius 3 is 2.59 bits per heavy atom. The third-order valence-electron chi connectivity index (χ3n) is 4.90. The second kappa shape index (κ2) is 9.65. The number of benzene rings is 2. The highest BCUT2D eigenvalue weighted by Crippen LogP contribution is 2.36. The Morgan fingerprint density at radius 2 is 1.91 bits per heavy atom. The molecule has 2 amide bonds. The highest BCUT2D eigenvalue weighted by molar-refractivity contribution is 9.10. The van der Waals surface area contributed by atoms with E-state index < -0.39 is 16.1 Å². The summed E-state index contributed by atoms with van der Waals surface area (Å²) in [7, 11) is 1.39. The van der Waals surface area contributed by atoms with E-state index in [0.29, 0.717) is 34.4 Å². The molecule has 9 nitrogen and oxygen atoms in total. The molecule has 2 aromatic carbocycles. The van der Waals surface area contributed by atoms with Crippen LogP contribution in [0.3, 0.4) is 0 Å². The SMILES string of the molecule is COc1cc([N+](=O)[O-])ccc1-c1ccc(/C=C2/SC(=O)N(CC(=O)c3ccc(Br)cc3)C2=O)o1. The van der Waals surface area contributed by atoms with Gasteiger partial charge in [-0.2, -0.15) is 0 Å². The second-order valence-electron chi connectivity index (χ2n) is 7.04. The molecule has 4 rings (SSSR count). The molecule has 0 bridgehead atoms. The molecule has 11 heteroatoms. The lowest BCUT2D eigenvalue weighted by molar-refractivity contribution is -0.384. The van der Waals surface area contributed by atoms with Gasteiger partial charge in [-0.25, -0.2) is 0 Å². The van der Waals surface area contributed by atoms with Crippen LogP contribution in [0, 0.1) is 10.1 Å². The predicted octanol–water partition coefficient (Wildman–Crippen LogP) is 5.55. The molecule has 0 spiro atoms. The summed E-state index contributed by atoms with van der Waals surface area (Å²) in [6.07, 6.45) is 1.41. The molecule has 0 radical (unpaired) electrons. The van der Waals surface area contributed by atoms with Gasteiger partial charge in [-0.1, -0.05) is 28.1 Å². The van der Waals surface area contributed by atoms with Crippen molar-refractivity contribution >= 4 is 56.4 Å². The minimum atomic E-state index is -0.591. The Morgan fingerprint density at radius 1 is 1.18 bits per heavy atom. The summed E-state index contributed by atoms with van der Waals surface area (Å²) in [6, 6.07) is 14.0. The number of halogens is 1. The molecule has 0 aliphatic carbocycles. The number of furan rings is 1. The molecule has 1 fully saturated rings. The molecule has 3 aromatic rings. The van der Waals surface area contributed by atoms with Gasteiger partial charge in [0.05, 0.1) is 35.1 Å².